The number of hydrogen-bond donors (Lipinski definition) is 0. The fourth-order valence-corrected chi connectivity index (χ4v) is 2.66. The summed E-state index contributed by atoms with van der Waals surface area (Å²) in [6.45, 7) is 1.89. The molecule has 0 bridgehead atoms. The molecule has 94 valence electrons. The summed E-state index contributed by atoms with van der Waals surface area (Å²) in [5, 5.41) is 0. The molecule has 17 heavy (non-hydrogen) atoms. The Bertz CT molecular complexity index is 350. The smallest absolute Gasteiger partial charge is 0.247 e. The summed E-state index contributed by atoms with van der Waals surface area (Å²) >= 11 is 1.61. The molecule has 0 saturated carbocycles. The number of hydrogen-bond acceptors (Lipinski definition) is 3. The predicted molar refractivity (Wildman–Crippen MR) is 70.6 cm³/mol. The highest BCUT2D eigenvalue weighted by Crippen LogP contribution is 2.22. The highest BCUT2D eigenvalue weighted by atomic mass is 32.2. The second kappa shape index (κ2) is 6.49. The fourth-order valence-electron chi connectivity index (χ4n) is 1.51. The molecule has 0 aromatic carbocycles. The summed E-state index contributed by atoms with van der Waals surface area (Å²) in [6, 6.07) is -0.322. The average Bonchev–Trinajstić information content (AvgIpc) is 2.76. The predicted octanol–water partition coefficient (Wildman–Crippen LogP) is 1.11. The minimum absolute atomic E-state index is 0.0113. The molecule has 1 aliphatic heterocycles. The van der Waals surface area contributed by atoms with Crippen LogP contribution < -0.4 is 0 Å². The fraction of sp³-hybridized carbons (Fsp3) is 0.500. The van der Waals surface area contributed by atoms with E-state index in [0.29, 0.717) is 11.6 Å². The lowest BCUT2D eigenvalue weighted by atomic mass is 10.2. The Hall–Kier alpha value is -1.23. The normalized spacial score (nSPS) is 20.4. The molecule has 2 amide bonds. The third kappa shape index (κ3) is 3.63. The van der Waals surface area contributed by atoms with Crippen LogP contribution in [0.5, 0.6) is 0 Å². The molecule has 0 spiro atoms. The van der Waals surface area contributed by atoms with Gasteiger partial charge < -0.3 is 9.80 Å². The minimum atomic E-state index is -0.322. The Morgan fingerprint density at radius 1 is 1.35 bits per heavy atom. The van der Waals surface area contributed by atoms with Gasteiger partial charge in [0.25, 0.3) is 0 Å². The number of rotatable bonds is 3. The van der Waals surface area contributed by atoms with Crippen molar-refractivity contribution < 1.29 is 9.59 Å². The Morgan fingerprint density at radius 3 is 2.65 bits per heavy atom. The summed E-state index contributed by atoms with van der Waals surface area (Å²) in [7, 11) is 3.42. The molecule has 0 aromatic heterocycles. The van der Waals surface area contributed by atoms with Gasteiger partial charge in [-0.25, -0.2) is 0 Å². The maximum atomic E-state index is 11.9. The molecular weight excluding hydrogens is 236 g/mol. The lowest BCUT2D eigenvalue weighted by Gasteiger charge is -2.24. The Balaban J connectivity index is 2.69. The molecule has 4 nitrogen and oxygen atoms in total. The molecular formula is C12H18N2O2S. The number of amides is 2. The standard InChI is InChI=1S/C12H18N2O2S/c1-4-5-6-7-11(15)14-9-17-8-10(14)12(16)13(2)3/h4-7,10H,8-9H2,1-3H3/b5-4+,7-6+/t10-/m1/s1. The molecule has 0 N–H and O–H groups in total. The van der Waals surface area contributed by atoms with Crippen LogP contribution in [0.4, 0.5) is 0 Å². The SMILES string of the molecule is C/C=C/C=C/C(=O)N1CSC[C@@H]1C(=O)N(C)C. The number of carbonyl (C=O) groups excluding carboxylic acids is 2. The lowest BCUT2D eigenvalue weighted by Crippen LogP contribution is -2.46. The van der Waals surface area contributed by atoms with Gasteiger partial charge in [-0.05, 0) is 6.92 Å². The lowest BCUT2D eigenvalue weighted by molar-refractivity contribution is -0.139. The van der Waals surface area contributed by atoms with E-state index in [2.05, 4.69) is 0 Å². The van der Waals surface area contributed by atoms with Gasteiger partial charge in [0, 0.05) is 25.9 Å². The van der Waals surface area contributed by atoms with Gasteiger partial charge in [0.1, 0.15) is 6.04 Å². The molecule has 1 saturated heterocycles. The van der Waals surface area contributed by atoms with Crippen LogP contribution in [0.15, 0.2) is 24.3 Å². The van der Waals surface area contributed by atoms with Crippen molar-refractivity contribution in [3.63, 3.8) is 0 Å². The summed E-state index contributed by atoms with van der Waals surface area (Å²) in [5.41, 5.74) is 0. The van der Waals surface area contributed by atoms with Crippen molar-refractivity contribution in [2.45, 2.75) is 13.0 Å². The van der Waals surface area contributed by atoms with Crippen LogP contribution in [0.25, 0.3) is 0 Å². The summed E-state index contributed by atoms with van der Waals surface area (Å²) in [4.78, 5) is 26.9. The number of likely N-dealkylation sites (N-methyl/N-ethyl adjacent to an activating group) is 1. The number of carbonyl (C=O) groups is 2. The Kier molecular flexibility index (Phi) is 5.28. The van der Waals surface area contributed by atoms with Crippen molar-refractivity contribution in [1.29, 1.82) is 0 Å². The quantitative estimate of drug-likeness (QED) is 0.559. The van der Waals surface area contributed by atoms with E-state index in [1.165, 1.54) is 11.0 Å². The van der Waals surface area contributed by atoms with E-state index >= 15 is 0 Å². The molecule has 1 fully saturated rings. The first-order valence-corrected chi connectivity index (χ1v) is 6.62. The third-order valence-electron chi connectivity index (χ3n) is 2.43. The van der Waals surface area contributed by atoms with Crippen molar-refractivity contribution in [2.75, 3.05) is 25.7 Å². The minimum Gasteiger partial charge on any atom is -0.347 e. The molecule has 1 atom stereocenters. The summed E-state index contributed by atoms with van der Waals surface area (Å²) in [6.07, 6.45) is 6.85. The molecule has 0 radical (unpaired) electrons. The highest BCUT2D eigenvalue weighted by Gasteiger charge is 2.34. The first-order valence-electron chi connectivity index (χ1n) is 5.46. The van der Waals surface area contributed by atoms with E-state index in [1.54, 1.807) is 42.9 Å². The van der Waals surface area contributed by atoms with Crippen molar-refractivity contribution in [3.05, 3.63) is 24.3 Å². The zero-order chi connectivity index (χ0) is 12.8. The molecule has 1 aliphatic rings. The van der Waals surface area contributed by atoms with Crippen LogP contribution in [0.1, 0.15) is 6.92 Å². The highest BCUT2D eigenvalue weighted by molar-refractivity contribution is 7.99. The molecule has 1 heterocycles. The van der Waals surface area contributed by atoms with Crippen LogP contribution in [0.3, 0.4) is 0 Å². The topological polar surface area (TPSA) is 40.6 Å². The average molecular weight is 254 g/mol. The first kappa shape index (κ1) is 13.8. The third-order valence-corrected chi connectivity index (χ3v) is 3.45. The van der Waals surface area contributed by atoms with Gasteiger partial charge in [-0.1, -0.05) is 18.2 Å². The van der Waals surface area contributed by atoms with Crippen molar-refractivity contribution >= 4 is 23.6 Å². The summed E-state index contributed by atoms with van der Waals surface area (Å²) < 4.78 is 0. The monoisotopic (exact) mass is 254 g/mol. The second-order valence-electron chi connectivity index (χ2n) is 3.94. The second-order valence-corrected chi connectivity index (χ2v) is 4.94. The van der Waals surface area contributed by atoms with E-state index in [4.69, 9.17) is 0 Å². The maximum Gasteiger partial charge on any atom is 0.247 e. The van der Waals surface area contributed by atoms with Crippen LogP contribution in [0.2, 0.25) is 0 Å². The van der Waals surface area contributed by atoms with E-state index < -0.39 is 0 Å². The van der Waals surface area contributed by atoms with Crippen molar-refractivity contribution in [3.8, 4) is 0 Å². The molecule has 0 unspecified atom stereocenters. The van der Waals surface area contributed by atoms with Crippen LogP contribution in [-0.4, -0.2) is 53.4 Å². The van der Waals surface area contributed by atoms with Gasteiger partial charge >= 0.3 is 0 Å². The molecule has 0 aliphatic carbocycles. The first-order chi connectivity index (χ1) is 8.07. The van der Waals surface area contributed by atoms with Crippen LogP contribution in [-0.2, 0) is 9.59 Å². The van der Waals surface area contributed by atoms with Crippen molar-refractivity contribution in [2.24, 2.45) is 0 Å². The van der Waals surface area contributed by atoms with E-state index in [1.807, 2.05) is 13.0 Å². The van der Waals surface area contributed by atoms with Gasteiger partial charge in [-0.15, -0.1) is 11.8 Å². The maximum absolute atomic E-state index is 11.9. The Labute approximate surface area is 106 Å². The van der Waals surface area contributed by atoms with E-state index in [9.17, 15) is 9.59 Å². The zero-order valence-corrected chi connectivity index (χ0v) is 11.2. The van der Waals surface area contributed by atoms with Gasteiger partial charge in [-0.2, -0.15) is 0 Å². The van der Waals surface area contributed by atoms with Gasteiger partial charge in [0.2, 0.25) is 11.8 Å². The van der Waals surface area contributed by atoms with E-state index in [-0.39, 0.29) is 17.9 Å². The number of nitrogens with zero attached hydrogens (tertiary/aromatic N) is 2. The summed E-state index contributed by atoms with van der Waals surface area (Å²) in [5.74, 6) is 1.15. The number of thioether (sulfide) groups is 1. The Morgan fingerprint density at radius 2 is 2.06 bits per heavy atom. The zero-order valence-electron chi connectivity index (χ0n) is 10.4. The van der Waals surface area contributed by atoms with Crippen LogP contribution in [0, 0.1) is 0 Å². The largest absolute Gasteiger partial charge is 0.347 e. The van der Waals surface area contributed by atoms with Crippen LogP contribution >= 0.6 is 11.8 Å². The van der Waals surface area contributed by atoms with Gasteiger partial charge in [0.15, 0.2) is 0 Å². The number of allylic oxidation sites excluding steroid dienone is 3. The molecule has 5 heteroatoms. The van der Waals surface area contributed by atoms with E-state index in [0.717, 1.165) is 0 Å². The van der Waals surface area contributed by atoms with Gasteiger partial charge in [-0.3, -0.25) is 9.59 Å². The van der Waals surface area contributed by atoms with Gasteiger partial charge in [0.05, 0.1) is 5.88 Å². The molecule has 0 aromatic rings. The van der Waals surface area contributed by atoms with Crippen molar-refractivity contribution in [1.82, 2.24) is 9.80 Å². The molecule has 1 rings (SSSR count).